The van der Waals surface area contributed by atoms with Crippen LogP contribution in [-0.2, 0) is 21.0 Å². The van der Waals surface area contributed by atoms with E-state index in [4.69, 9.17) is 16.4 Å². The molecular weight excluding hydrogens is 436 g/mol. The summed E-state index contributed by atoms with van der Waals surface area (Å²) in [5, 5.41) is 25.9. The van der Waals surface area contributed by atoms with E-state index in [-0.39, 0.29) is 13.2 Å². The summed E-state index contributed by atoms with van der Waals surface area (Å²) in [6.45, 7) is 2.19. The zero-order valence-corrected chi connectivity index (χ0v) is 17.9. The summed E-state index contributed by atoms with van der Waals surface area (Å²) >= 11 is 6.12. The van der Waals surface area contributed by atoms with Crippen LogP contribution < -0.4 is 5.32 Å². The third-order valence-corrected chi connectivity index (χ3v) is 5.34. The standard InChI is InChI=1S/C21H21ClN6O4/c1-13-3-2-4-14(9-13)19(29)21(31)28-18(7-8-32-28)20(30)23-11-15-10-16(22)5-6-17(15)27-12-24-25-26-27/h2-6,9-10,12,18-19,29H,7-8,11H2,1H3,(H,23,30). The number of aliphatic hydroxyl groups is 1. The number of carbonyl (C=O) groups excluding carboxylic acids is 2. The van der Waals surface area contributed by atoms with E-state index in [2.05, 4.69) is 20.8 Å². The Morgan fingerprint density at radius 1 is 1.31 bits per heavy atom. The van der Waals surface area contributed by atoms with E-state index in [0.29, 0.717) is 28.3 Å². The number of aromatic nitrogens is 4. The molecule has 2 amide bonds. The van der Waals surface area contributed by atoms with Gasteiger partial charge in [-0.1, -0.05) is 41.4 Å². The maximum atomic E-state index is 12.9. The number of nitrogens with zero attached hydrogens (tertiary/aromatic N) is 5. The molecule has 4 rings (SSSR count). The molecule has 11 heteroatoms. The van der Waals surface area contributed by atoms with Crippen molar-refractivity contribution in [2.75, 3.05) is 6.61 Å². The first-order valence-electron chi connectivity index (χ1n) is 9.94. The van der Waals surface area contributed by atoms with Gasteiger partial charge in [0.2, 0.25) is 5.91 Å². The topological polar surface area (TPSA) is 122 Å². The monoisotopic (exact) mass is 456 g/mol. The second-order valence-corrected chi connectivity index (χ2v) is 7.80. The molecule has 1 fully saturated rings. The van der Waals surface area contributed by atoms with Crippen LogP contribution >= 0.6 is 11.6 Å². The SMILES string of the molecule is Cc1cccc(C(O)C(=O)N2OCCC2C(=O)NCc2cc(Cl)ccc2-n2cnnn2)c1. The van der Waals surface area contributed by atoms with E-state index in [1.165, 1.54) is 11.0 Å². The van der Waals surface area contributed by atoms with E-state index in [1.807, 2.05) is 13.0 Å². The zero-order valence-electron chi connectivity index (χ0n) is 17.2. The lowest BCUT2D eigenvalue weighted by atomic mass is 10.1. The number of aryl methyl sites for hydroxylation is 1. The Labute approximate surface area is 188 Å². The highest BCUT2D eigenvalue weighted by molar-refractivity contribution is 6.30. The Balaban J connectivity index is 1.46. The lowest BCUT2D eigenvalue weighted by Crippen LogP contribution is -2.46. The molecule has 0 bridgehead atoms. The first-order chi connectivity index (χ1) is 15.4. The summed E-state index contributed by atoms with van der Waals surface area (Å²) in [7, 11) is 0. The number of rotatable bonds is 6. The maximum absolute atomic E-state index is 12.9. The van der Waals surface area contributed by atoms with Crippen LogP contribution in [0.4, 0.5) is 0 Å². The number of hydrogen-bond donors (Lipinski definition) is 2. The summed E-state index contributed by atoms with van der Waals surface area (Å²) in [5.41, 5.74) is 2.69. The fraction of sp³-hybridized carbons (Fsp3) is 0.286. The van der Waals surface area contributed by atoms with Gasteiger partial charge in [0.1, 0.15) is 12.4 Å². The number of amides is 2. The van der Waals surface area contributed by atoms with Gasteiger partial charge in [0.05, 0.1) is 12.3 Å². The summed E-state index contributed by atoms with van der Waals surface area (Å²) in [6, 6.07) is 11.3. The average Bonchev–Trinajstić information content (AvgIpc) is 3.49. The first-order valence-corrected chi connectivity index (χ1v) is 10.3. The number of tetrazole rings is 1. The van der Waals surface area contributed by atoms with Gasteiger partial charge in [-0.15, -0.1) is 5.10 Å². The van der Waals surface area contributed by atoms with Crippen molar-refractivity contribution in [2.45, 2.75) is 32.0 Å². The smallest absolute Gasteiger partial charge is 0.280 e. The van der Waals surface area contributed by atoms with Crippen molar-refractivity contribution in [1.29, 1.82) is 0 Å². The van der Waals surface area contributed by atoms with Crippen LogP contribution in [0.15, 0.2) is 48.8 Å². The Hall–Kier alpha value is -3.34. The summed E-state index contributed by atoms with van der Waals surface area (Å²) < 4.78 is 1.46. The van der Waals surface area contributed by atoms with Crippen molar-refractivity contribution >= 4 is 23.4 Å². The van der Waals surface area contributed by atoms with Crippen molar-refractivity contribution in [3.05, 3.63) is 70.5 Å². The highest BCUT2D eigenvalue weighted by Crippen LogP contribution is 2.24. The minimum absolute atomic E-state index is 0.132. The Bertz CT molecular complexity index is 1120. The summed E-state index contributed by atoms with van der Waals surface area (Å²) in [6.07, 6.45) is 0.322. The third-order valence-electron chi connectivity index (χ3n) is 5.11. The third kappa shape index (κ3) is 4.62. The van der Waals surface area contributed by atoms with Gasteiger partial charge in [-0.05, 0) is 46.7 Å². The molecule has 166 valence electrons. The van der Waals surface area contributed by atoms with Crippen LogP contribution in [0.3, 0.4) is 0 Å². The summed E-state index contributed by atoms with van der Waals surface area (Å²) in [5.74, 6) is -1.10. The largest absolute Gasteiger partial charge is 0.378 e. The van der Waals surface area contributed by atoms with Gasteiger partial charge in [-0.3, -0.25) is 14.4 Å². The molecular formula is C21H21ClN6O4. The molecule has 2 atom stereocenters. The second-order valence-electron chi connectivity index (χ2n) is 7.36. The molecule has 1 saturated heterocycles. The van der Waals surface area contributed by atoms with Gasteiger partial charge in [0.25, 0.3) is 5.91 Å². The number of hydrogen-bond acceptors (Lipinski definition) is 7. The van der Waals surface area contributed by atoms with Crippen molar-refractivity contribution in [2.24, 2.45) is 0 Å². The predicted octanol–water partition coefficient (Wildman–Crippen LogP) is 1.51. The van der Waals surface area contributed by atoms with E-state index >= 15 is 0 Å². The van der Waals surface area contributed by atoms with E-state index in [9.17, 15) is 14.7 Å². The summed E-state index contributed by atoms with van der Waals surface area (Å²) in [4.78, 5) is 31.1. The molecule has 0 saturated carbocycles. The van der Waals surface area contributed by atoms with Gasteiger partial charge in [-0.2, -0.15) is 0 Å². The quantitative estimate of drug-likeness (QED) is 0.576. The van der Waals surface area contributed by atoms with Crippen molar-refractivity contribution in [1.82, 2.24) is 30.6 Å². The molecule has 2 aromatic carbocycles. The molecule has 1 aliphatic heterocycles. The molecule has 1 aromatic heterocycles. The fourth-order valence-electron chi connectivity index (χ4n) is 3.52. The van der Waals surface area contributed by atoms with Crippen LogP contribution in [0, 0.1) is 6.92 Å². The molecule has 32 heavy (non-hydrogen) atoms. The number of benzene rings is 2. The van der Waals surface area contributed by atoms with Gasteiger partial charge < -0.3 is 10.4 Å². The molecule has 0 radical (unpaired) electrons. The average molecular weight is 457 g/mol. The lowest BCUT2D eigenvalue weighted by molar-refractivity contribution is -0.187. The van der Waals surface area contributed by atoms with E-state index in [1.54, 1.807) is 36.4 Å². The van der Waals surface area contributed by atoms with Crippen LogP contribution in [0.1, 0.15) is 29.2 Å². The van der Waals surface area contributed by atoms with Crippen LogP contribution in [0.5, 0.6) is 0 Å². The maximum Gasteiger partial charge on any atom is 0.280 e. The molecule has 0 spiro atoms. The Kier molecular flexibility index (Phi) is 6.45. The second kappa shape index (κ2) is 9.43. The highest BCUT2D eigenvalue weighted by Gasteiger charge is 2.38. The molecule has 3 aromatic rings. The molecule has 1 aliphatic rings. The van der Waals surface area contributed by atoms with Gasteiger partial charge in [0, 0.05) is 18.0 Å². The first kappa shape index (κ1) is 21.9. The number of aliphatic hydroxyl groups excluding tert-OH is 1. The van der Waals surface area contributed by atoms with Crippen LogP contribution in [0.2, 0.25) is 5.02 Å². The number of carbonyl (C=O) groups is 2. The number of hydroxylamine groups is 2. The number of nitrogens with one attached hydrogen (secondary N) is 1. The molecule has 2 N–H and O–H groups in total. The van der Waals surface area contributed by atoms with Crippen LogP contribution in [-0.4, -0.2) is 54.8 Å². The van der Waals surface area contributed by atoms with Gasteiger partial charge in [-0.25, -0.2) is 9.75 Å². The van der Waals surface area contributed by atoms with Crippen molar-refractivity contribution in [3.63, 3.8) is 0 Å². The Morgan fingerprint density at radius 2 is 2.16 bits per heavy atom. The highest BCUT2D eigenvalue weighted by atomic mass is 35.5. The predicted molar refractivity (Wildman–Crippen MR) is 113 cm³/mol. The fourth-order valence-corrected chi connectivity index (χ4v) is 3.71. The van der Waals surface area contributed by atoms with Gasteiger partial charge in [0.15, 0.2) is 6.10 Å². The van der Waals surface area contributed by atoms with E-state index in [0.717, 1.165) is 10.6 Å². The molecule has 2 unspecified atom stereocenters. The minimum atomic E-state index is -1.43. The van der Waals surface area contributed by atoms with Crippen molar-refractivity contribution in [3.8, 4) is 5.69 Å². The zero-order chi connectivity index (χ0) is 22.7. The van der Waals surface area contributed by atoms with Gasteiger partial charge >= 0.3 is 0 Å². The van der Waals surface area contributed by atoms with E-state index < -0.39 is 24.0 Å². The lowest BCUT2D eigenvalue weighted by Gasteiger charge is -2.24. The van der Waals surface area contributed by atoms with Crippen LogP contribution in [0.25, 0.3) is 5.69 Å². The van der Waals surface area contributed by atoms with Crippen molar-refractivity contribution < 1.29 is 19.5 Å². The molecule has 0 aliphatic carbocycles. The Morgan fingerprint density at radius 3 is 2.91 bits per heavy atom. The molecule has 2 heterocycles. The number of halogens is 1. The minimum Gasteiger partial charge on any atom is -0.378 e. The molecule has 10 nitrogen and oxygen atoms in total. The normalized spacial score (nSPS) is 16.7.